The summed E-state index contributed by atoms with van der Waals surface area (Å²) < 4.78 is 11.1. The summed E-state index contributed by atoms with van der Waals surface area (Å²) in [7, 11) is 0. The Bertz CT molecular complexity index is 392. The molecule has 5 nitrogen and oxygen atoms in total. The van der Waals surface area contributed by atoms with Gasteiger partial charge in [0, 0.05) is 18.6 Å². The Morgan fingerprint density at radius 1 is 1.47 bits per heavy atom. The fraction of sp³-hybridized carbons (Fsp3) is 0.500. The maximum atomic E-state index is 10.5. The lowest BCUT2D eigenvalue weighted by molar-refractivity contribution is -0.384. The van der Waals surface area contributed by atoms with Gasteiger partial charge < -0.3 is 9.47 Å². The number of nitro groups is 1. The van der Waals surface area contributed by atoms with Gasteiger partial charge in [-0.15, -0.1) is 0 Å². The van der Waals surface area contributed by atoms with Crippen LogP contribution < -0.4 is 4.74 Å². The first kappa shape index (κ1) is 11.9. The van der Waals surface area contributed by atoms with Crippen molar-refractivity contribution in [1.29, 1.82) is 0 Å². The van der Waals surface area contributed by atoms with Crippen molar-refractivity contribution in [3.63, 3.8) is 0 Å². The molecule has 1 saturated heterocycles. The molecule has 1 fully saturated rings. The molecule has 2 rings (SSSR count). The summed E-state index contributed by atoms with van der Waals surface area (Å²) in [5, 5.41) is 10.5. The van der Waals surface area contributed by atoms with E-state index >= 15 is 0 Å². The third-order valence-electron chi connectivity index (χ3n) is 3.16. The van der Waals surface area contributed by atoms with E-state index in [0.717, 1.165) is 19.4 Å². The molecule has 0 aliphatic carbocycles. The Morgan fingerprint density at radius 2 is 2.12 bits per heavy atom. The first-order valence-corrected chi connectivity index (χ1v) is 5.66. The van der Waals surface area contributed by atoms with Crippen molar-refractivity contribution >= 4 is 5.69 Å². The minimum atomic E-state index is -0.424. The Balaban J connectivity index is 1.93. The Hall–Kier alpha value is -1.62. The average Bonchev–Trinajstić information content (AvgIpc) is 2.29. The van der Waals surface area contributed by atoms with Crippen molar-refractivity contribution in [2.75, 3.05) is 13.2 Å². The van der Waals surface area contributed by atoms with Gasteiger partial charge in [0.05, 0.1) is 11.5 Å². The van der Waals surface area contributed by atoms with E-state index in [4.69, 9.17) is 9.47 Å². The van der Waals surface area contributed by atoms with Gasteiger partial charge in [0.15, 0.2) is 0 Å². The lowest BCUT2D eigenvalue weighted by atomic mass is 9.93. The zero-order chi connectivity index (χ0) is 12.3. The van der Waals surface area contributed by atoms with Crippen LogP contribution in [0.5, 0.6) is 5.75 Å². The predicted molar refractivity (Wildman–Crippen MR) is 62.2 cm³/mol. The van der Waals surface area contributed by atoms with E-state index in [9.17, 15) is 10.1 Å². The third-order valence-corrected chi connectivity index (χ3v) is 3.16. The van der Waals surface area contributed by atoms with Gasteiger partial charge in [-0.05, 0) is 18.6 Å². The van der Waals surface area contributed by atoms with Crippen molar-refractivity contribution in [1.82, 2.24) is 0 Å². The van der Waals surface area contributed by atoms with Gasteiger partial charge in [-0.1, -0.05) is 6.92 Å². The van der Waals surface area contributed by atoms with Crippen LogP contribution in [-0.4, -0.2) is 23.7 Å². The maximum Gasteiger partial charge on any atom is 0.269 e. The van der Waals surface area contributed by atoms with E-state index in [1.807, 2.05) is 0 Å². The van der Waals surface area contributed by atoms with E-state index in [1.165, 1.54) is 12.1 Å². The number of nitrogens with zero attached hydrogens (tertiary/aromatic N) is 1. The number of benzene rings is 1. The largest absolute Gasteiger partial charge is 0.491 e. The molecule has 0 saturated carbocycles. The standard InChI is InChI=1S/C12H15NO4/c1-2-12(7-8-17-12)9-16-11-5-3-10(4-6-11)13(14)15/h3-6H,2,7-9H2,1H3. The summed E-state index contributed by atoms with van der Waals surface area (Å²) in [6.45, 7) is 3.36. The van der Waals surface area contributed by atoms with E-state index in [2.05, 4.69) is 6.92 Å². The van der Waals surface area contributed by atoms with Gasteiger partial charge in [-0.25, -0.2) is 0 Å². The Morgan fingerprint density at radius 3 is 2.53 bits per heavy atom. The molecular weight excluding hydrogens is 222 g/mol. The minimum absolute atomic E-state index is 0.0717. The minimum Gasteiger partial charge on any atom is -0.491 e. The fourth-order valence-corrected chi connectivity index (χ4v) is 1.76. The van der Waals surface area contributed by atoms with E-state index < -0.39 is 4.92 Å². The zero-order valence-electron chi connectivity index (χ0n) is 9.72. The maximum absolute atomic E-state index is 10.5. The van der Waals surface area contributed by atoms with E-state index in [-0.39, 0.29) is 11.3 Å². The number of nitro benzene ring substituents is 1. The number of non-ortho nitro benzene ring substituents is 1. The molecule has 17 heavy (non-hydrogen) atoms. The molecule has 92 valence electrons. The van der Waals surface area contributed by atoms with Crippen molar-refractivity contribution in [3.05, 3.63) is 34.4 Å². The second kappa shape index (κ2) is 4.71. The fourth-order valence-electron chi connectivity index (χ4n) is 1.76. The molecule has 1 aliphatic rings. The smallest absolute Gasteiger partial charge is 0.269 e. The molecule has 0 amide bonds. The molecule has 1 aliphatic heterocycles. The molecule has 1 aromatic carbocycles. The first-order valence-electron chi connectivity index (χ1n) is 5.66. The second-order valence-electron chi connectivity index (χ2n) is 4.17. The molecule has 0 N–H and O–H groups in total. The van der Waals surface area contributed by atoms with Gasteiger partial charge in [0.1, 0.15) is 18.0 Å². The normalized spacial score (nSPS) is 22.9. The SMILES string of the molecule is CCC1(COc2ccc([N+](=O)[O-])cc2)CCO1. The summed E-state index contributed by atoms with van der Waals surface area (Å²) in [5.41, 5.74) is -0.0793. The van der Waals surface area contributed by atoms with Crippen LogP contribution in [0.1, 0.15) is 19.8 Å². The summed E-state index contributed by atoms with van der Waals surface area (Å²) in [5.74, 6) is 0.638. The topological polar surface area (TPSA) is 61.6 Å². The van der Waals surface area contributed by atoms with Gasteiger partial charge >= 0.3 is 0 Å². The number of hydrogen-bond acceptors (Lipinski definition) is 4. The van der Waals surface area contributed by atoms with Crippen LogP contribution >= 0.6 is 0 Å². The molecule has 0 spiro atoms. The summed E-state index contributed by atoms with van der Waals surface area (Å²) >= 11 is 0. The highest BCUT2D eigenvalue weighted by molar-refractivity contribution is 5.36. The number of hydrogen-bond donors (Lipinski definition) is 0. The van der Waals surface area contributed by atoms with Crippen LogP contribution in [0.3, 0.4) is 0 Å². The molecule has 1 unspecified atom stereocenters. The van der Waals surface area contributed by atoms with Crippen LogP contribution in [0.2, 0.25) is 0 Å². The van der Waals surface area contributed by atoms with Gasteiger partial charge in [-0.3, -0.25) is 10.1 Å². The number of ether oxygens (including phenoxy) is 2. The van der Waals surface area contributed by atoms with Crippen LogP contribution in [0.25, 0.3) is 0 Å². The predicted octanol–water partition coefficient (Wildman–Crippen LogP) is 2.54. The molecule has 0 radical (unpaired) electrons. The average molecular weight is 237 g/mol. The van der Waals surface area contributed by atoms with Crippen molar-refractivity contribution in [2.45, 2.75) is 25.4 Å². The lowest BCUT2D eigenvalue weighted by Gasteiger charge is -2.40. The molecule has 1 atom stereocenters. The lowest BCUT2D eigenvalue weighted by Crippen LogP contribution is -2.48. The molecule has 0 aromatic heterocycles. The summed E-state index contributed by atoms with van der Waals surface area (Å²) in [6, 6.07) is 6.10. The monoisotopic (exact) mass is 237 g/mol. The van der Waals surface area contributed by atoms with E-state index in [0.29, 0.717) is 12.4 Å². The van der Waals surface area contributed by atoms with Gasteiger partial charge in [0.25, 0.3) is 5.69 Å². The molecule has 1 heterocycles. The quantitative estimate of drug-likeness (QED) is 0.583. The first-order chi connectivity index (χ1) is 8.15. The highest BCUT2D eigenvalue weighted by atomic mass is 16.6. The highest BCUT2D eigenvalue weighted by Crippen LogP contribution is 2.30. The molecule has 1 aromatic rings. The van der Waals surface area contributed by atoms with Crippen LogP contribution in [0.4, 0.5) is 5.69 Å². The van der Waals surface area contributed by atoms with Gasteiger partial charge in [-0.2, -0.15) is 0 Å². The summed E-state index contributed by atoms with van der Waals surface area (Å²) in [4.78, 5) is 10.1. The van der Waals surface area contributed by atoms with E-state index in [1.54, 1.807) is 12.1 Å². The zero-order valence-corrected chi connectivity index (χ0v) is 9.72. The summed E-state index contributed by atoms with van der Waals surface area (Å²) in [6.07, 6.45) is 1.93. The van der Waals surface area contributed by atoms with Crippen molar-refractivity contribution in [2.24, 2.45) is 0 Å². The Kier molecular flexibility index (Phi) is 3.28. The third kappa shape index (κ3) is 2.55. The van der Waals surface area contributed by atoms with Crippen molar-refractivity contribution < 1.29 is 14.4 Å². The molecule has 5 heteroatoms. The van der Waals surface area contributed by atoms with Crippen LogP contribution in [0.15, 0.2) is 24.3 Å². The highest BCUT2D eigenvalue weighted by Gasteiger charge is 2.37. The van der Waals surface area contributed by atoms with Crippen LogP contribution in [-0.2, 0) is 4.74 Å². The van der Waals surface area contributed by atoms with Gasteiger partial charge in [0.2, 0.25) is 0 Å². The Labute approximate surface area is 99.5 Å². The van der Waals surface area contributed by atoms with Crippen molar-refractivity contribution in [3.8, 4) is 5.75 Å². The second-order valence-corrected chi connectivity index (χ2v) is 4.17. The molecule has 0 bridgehead atoms. The van der Waals surface area contributed by atoms with Crippen LogP contribution in [0, 0.1) is 10.1 Å². The molecular formula is C12H15NO4. The number of rotatable bonds is 5.